The van der Waals surface area contributed by atoms with E-state index in [2.05, 4.69) is 28.7 Å². The van der Waals surface area contributed by atoms with Gasteiger partial charge in [-0.25, -0.2) is 0 Å². The zero-order valence-electron chi connectivity index (χ0n) is 16.1. The topological polar surface area (TPSA) is 58.6 Å². The van der Waals surface area contributed by atoms with E-state index >= 15 is 0 Å². The van der Waals surface area contributed by atoms with Crippen molar-refractivity contribution in [3.8, 4) is 0 Å². The third kappa shape index (κ3) is 6.12. The zero-order chi connectivity index (χ0) is 19.1. The number of pyridine rings is 2. The van der Waals surface area contributed by atoms with Crippen LogP contribution in [0.4, 0.5) is 0 Å². The Bertz CT molecular complexity index is 709. The maximum Gasteiger partial charge on any atom is 0.236 e. The fourth-order valence-corrected chi connectivity index (χ4v) is 3.34. The predicted octanol–water partition coefficient (Wildman–Crippen LogP) is 2.36. The lowest BCUT2D eigenvalue weighted by molar-refractivity contribution is -0.132. The molecule has 3 heterocycles. The number of aromatic nitrogens is 2. The Morgan fingerprint density at radius 3 is 2.44 bits per heavy atom. The highest BCUT2D eigenvalue weighted by atomic mass is 16.5. The molecular weight excluding hydrogens is 340 g/mol. The van der Waals surface area contributed by atoms with E-state index in [0.29, 0.717) is 32.2 Å². The number of hydrogen-bond donors (Lipinski definition) is 0. The maximum absolute atomic E-state index is 12.8. The van der Waals surface area contributed by atoms with Crippen LogP contribution in [0.3, 0.4) is 0 Å². The van der Waals surface area contributed by atoms with Gasteiger partial charge in [-0.3, -0.25) is 19.7 Å². The van der Waals surface area contributed by atoms with Crippen molar-refractivity contribution in [3.63, 3.8) is 0 Å². The van der Waals surface area contributed by atoms with Gasteiger partial charge in [0.1, 0.15) is 0 Å². The Labute approximate surface area is 161 Å². The van der Waals surface area contributed by atoms with Gasteiger partial charge in [0.05, 0.1) is 19.3 Å². The molecule has 1 aliphatic heterocycles. The lowest BCUT2D eigenvalue weighted by Crippen LogP contribution is -2.40. The van der Waals surface area contributed by atoms with Crippen LogP contribution in [0.15, 0.2) is 49.1 Å². The van der Waals surface area contributed by atoms with Crippen molar-refractivity contribution in [1.29, 1.82) is 0 Å². The van der Waals surface area contributed by atoms with Gasteiger partial charge in [0.2, 0.25) is 5.91 Å². The Hall–Kier alpha value is -2.31. The molecule has 0 bridgehead atoms. The van der Waals surface area contributed by atoms with E-state index in [1.165, 1.54) is 0 Å². The average molecular weight is 368 g/mol. The van der Waals surface area contributed by atoms with Crippen LogP contribution in [0, 0.1) is 5.92 Å². The Balaban J connectivity index is 1.69. The summed E-state index contributed by atoms with van der Waals surface area (Å²) in [6.07, 6.45) is 7.16. The van der Waals surface area contributed by atoms with Crippen molar-refractivity contribution in [2.24, 2.45) is 5.92 Å². The number of carbonyl (C=O) groups excluding carboxylic acids is 1. The second-order valence-corrected chi connectivity index (χ2v) is 7.52. The van der Waals surface area contributed by atoms with Gasteiger partial charge < -0.3 is 9.64 Å². The number of rotatable bonds is 7. The standard InChI is InChI=1S/C21H28N4O2/c1-17(2)11-25-14-20(27-16-19-6-4-8-23-10-19)13-24(15-21(25)26)12-18-5-3-7-22-9-18/h3-10,17,20H,11-16H2,1-2H3. The van der Waals surface area contributed by atoms with Crippen LogP contribution in [0.1, 0.15) is 25.0 Å². The van der Waals surface area contributed by atoms with E-state index in [-0.39, 0.29) is 12.0 Å². The minimum absolute atomic E-state index is 0.0351. The van der Waals surface area contributed by atoms with Crippen molar-refractivity contribution in [2.75, 3.05) is 26.2 Å². The van der Waals surface area contributed by atoms with Crippen molar-refractivity contribution in [1.82, 2.24) is 19.8 Å². The number of ether oxygens (including phenoxy) is 1. The summed E-state index contributed by atoms with van der Waals surface area (Å²) < 4.78 is 6.19. The number of hydrogen-bond acceptors (Lipinski definition) is 5. The molecular formula is C21H28N4O2. The van der Waals surface area contributed by atoms with Gasteiger partial charge in [0, 0.05) is 51.0 Å². The molecule has 1 amide bonds. The van der Waals surface area contributed by atoms with Crippen molar-refractivity contribution in [2.45, 2.75) is 33.1 Å². The highest BCUT2D eigenvalue weighted by molar-refractivity contribution is 5.78. The van der Waals surface area contributed by atoms with Crippen LogP contribution in [-0.2, 0) is 22.7 Å². The highest BCUT2D eigenvalue weighted by Crippen LogP contribution is 2.14. The number of amides is 1. The van der Waals surface area contributed by atoms with E-state index in [1.54, 1.807) is 12.4 Å². The summed E-state index contributed by atoms with van der Waals surface area (Å²) in [6.45, 7) is 7.98. The van der Waals surface area contributed by atoms with E-state index in [0.717, 1.165) is 24.2 Å². The fourth-order valence-electron chi connectivity index (χ4n) is 3.34. The summed E-state index contributed by atoms with van der Waals surface area (Å²) >= 11 is 0. The van der Waals surface area contributed by atoms with Crippen LogP contribution in [-0.4, -0.2) is 58.0 Å². The van der Waals surface area contributed by atoms with Gasteiger partial charge in [0.25, 0.3) is 0 Å². The van der Waals surface area contributed by atoms with Crippen molar-refractivity contribution >= 4 is 5.91 Å². The second kappa shape index (κ2) is 9.58. The summed E-state index contributed by atoms with van der Waals surface area (Å²) in [5, 5.41) is 0. The summed E-state index contributed by atoms with van der Waals surface area (Å²) in [7, 11) is 0. The summed E-state index contributed by atoms with van der Waals surface area (Å²) in [6, 6.07) is 7.89. The molecule has 2 aromatic rings. The minimum atomic E-state index is -0.0351. The molecule has 1 atom stereocenters. The Morgan fingerprint density at radius 1 is 1.11 bits per heavy atom. The van der Waals surface area contributed by atoms with Crippen molar-refractivity contribution < 1.29 is 9.53 Å². The summed E-state index contributed by atoms with van der Waals surface area (Å²) in [4.78, 5) is 25.2. The van der Waals surface area contributed by atoms with Gasteiger partial charge >= 0.3 is 0 Å². The largest absolute Gasteiger partial charge is 0.370 e. The second-order valence-electron chi connectivity index (χ2n) is 7.52. The first-order chi connectivity index (χ1) is 13.1. The van der Waals surface area contributed by atoms with E-state index in [4.69, 9.17) is 4.74 Å². The van der Waals surface area contributed by atoms with Crippen molar-refractivity contribution in [3.05, 3.63) is 60.2 Å². The zero-order valence-corrected chi connectivity index (χ0v) is 16.1. The molecule has 0 spiro atoms. The monoisotopic (exact) mass is 368 g/mol. The van der Waals surface area contributed by atoms with Gasteiger partial charge in [-0.1, -0.05) is 26.0 Å². The molecule has 0 radical (unpaired) electrons. The number of nitrogens with zero attached hydrogens (tertiary/aromatic N) is 4. The van der Waals surface area contributed by atoms with Gasteiger partial charge in [-0.15, -0.1) is 0 Å². The molecule has 0 aliphatic carbocycles. The van der Waals surface area contributed by atoms with Crippen LogP contribution in [0.5, 0.6) is 0 Å². The molecule has 0 saturated carbocycles. The molecule has 3 rings (SSSR count). The van der Waals surface area contributed by atoms with E-state index < -0.39 is 0 Å². The SMILES string of the molecule is CC(C)CN1CC(OCc2cccnc2)CN(Cc2cccnc2)CC1=O. The highest BCUT2D eigenvalue weighted by Gasteiger charge is 2.28. The summed E-state index contributed by atoms with van der Waals surface area (Å²) in [5.74, 6) is 0.595. The molecule has 0 aromatic carbocycles. The van der Waals surface area contributed by atoms with Crippen LogP contribution < -0.4 is 0 Å². The normalized spacial score (nSPS) is 18.7. The van der Waals surface area contributed by atoms with Gasteiger partial charge in [-0.05, 0) is 29.2 Å². The Morgan fingerprint density at radius 2 is 1.81 bits per heavy atom. The molecule has 6 nitrogen and oxygen atoms in total. The third-order valence-electron chi connectivity index (χ3n) is 4.52. The average Bonchev–Trinajstić information content (AvgIpc) is 2.80. The van der Waals surface area contributed by atoms with Crippen LogP contribution in [0.2, 0.25) is 0 Å². The lowest BCUT2D eigenvalue weighted by Gasteiger charge is -2.26. The molecule has 0 N–H and O–H groups in total. The molecule has 1 unspecified atom stereocenters. The molecule has 1 aliphatic rings. The van der Waals surface area contributed by atoms with Gasteiger partial charge in [-0.2, -0.15) is 0 Å². The third-order valence-corrected chi connectivity index (χ3v) is 4.52. The quantitative estimate of drug-likeness (QED) is 0.751. The molecule has 2 aromatic heterocycles. The first-order valence-corrected chi connectivity index (χ1v) is 9.49. The van der Waals surface area contributed by atoms with E-state index in [9.17, 15) is 4.79 Å². The molecule has 27 heavy (non-hydrogen) atoms. The molecule has 1 fully saturated rings. The first kappa shape index (κ1) is 19.5. The molecule has 1 saturated heterocycles. The first-order valence-electron chi connectivity index (χ1n) is 9.49. The number of carbonyl (C=O) groups is 1. The fraction of sp³-hybridized carbons (Fsp3) is 0.476. The predicted molar refractivity (Wildman–Crippen MR) is 104 cm³/mol. The van der Waals surface area contributed by atoms with Crippen LogP contribution in [0.25, 0.3) is 0 Å². The van der Waals surface area contributed by atoms with Crippen LogP contribution >= 0.6 is 0 Å². The van der Waals surface area contributed by atoms with E-state index in [1.807, 2.05) is 41.6 Å². The van der Waals surface area contributed by atoms with Gasteiger partial charge in [0.15, 0.2) is 0 Å². The maximum atomic E-state index is 12.8. The molecule has 144 valence electrons. The smallest absolute Gasteiger partial charge is 0.236 e. The minimum Gasteiger partial charge on any atom is -0.370 e. The Kier molecular flexibility index (Phi) is 6.90. The lowest BCUT2D eigenvalue weighted by atomic mass is 10.2. The summed E-state index contributed by atoms with van der Waals surface area (Å²) in [5.41, 5.74) is 2.15. The molecule has 6 heteroatoms.